The normalized spacial score (nSPS) is 20.0. The van der Waals surface area contributed by atoms with Crippen LogP contribution in [-0.4, -0.2) is 44.3 Å². The number of piperidine rings is 1. The lowest BCUT2D eigenvalue weighted by Crippen LogP contribution is -2.38. The zero-order chi connectivity index (χ0) is 20.5. The molecule has 1 unspecified atom stereocenters. The van der Waals surface area contributed by atoms with Gasteiger partial charge in [-0.25, -0.2) is 4.98 Å². The lowest BCUT2D eigenvalue weighted by Gasteiger charge is -2.32. The van der Waals surface area contributed by atoms with Crippen molar-refractivity contribution in [1.29, 1.82) is 0 Å². The van der Waals surface area contributed by atoms with Crippen LogP contribution in [0.25, 0.3) is 11.0 Å². The van der Waals surface area contributed by atoms with Gasteiger partial charge in [0.05, 0.1) is 28.8 Å². The van der Waals surface area contributed by atoms with Crippen molar-refractivity contribution in [1.82, 2.24) is 20.2 Å². The van der Waals surface area contributed by atoms with Gasteiger partial charge in [0.1, 0.15) is 10.8 Å². The highest BCUT2D eigenvalue weighted by Crippen LogP contribution is 2.37. The van der Waals surface area contributed by atoms with E-state index in [0.29, 0.717) is 18.3 Å². The summed E-state index contributed by atoms with van der Waals surface area (Å²) < 4.78 is 0. The summed E-state index contributed by atoms with van der Waals surface area (Å²) in [5.74, 6) is 0.195. The lowest BCUT2D eigenvalue weighted by molar-refractivity contribution is -0.141. The zero-order valence-corrected chi connectivity index (χ0v) is 17.4. The van der Waals surface area contributed by atoms with E-state index in [4.69, 9.17) is 4.98 Å². The highest BCUT2D eigenvalue weighted by atomic mass is 32.1. The van der Waals surface area contributed by atoms with Crippen molar-refractivity contribution in [2.45, 2.75) is 44.4 Å². The molecule has 3 aromatic rings. The Morgan fingerprint density at radius 3 is 2.83 bits per heavy atom. The van der Waals surface area contributed by atoms with Crippen molar-refractivity contribution >= 4 is 45.0 Å². The Morgan fingerprint density at radius 1 is 1.13 bits per heavy atom. The van der Waals surface area contributed by atoms with Gasteiger partial charge in [-0.2, -0.15) is 0 Å². The molecule has 0 bridgehead atoms. The summed E-state index contributed by atoms with van der Waals surface area (Å²) >= 11 is 1.61. The Hall–Kier alpha value is -2.81. The van der Waals surface area contributed by atoms with E-state index >= 15 is 0 Å². The van der Waals surface area contributed by atoms with Gasteiger partial charge in [-0.15, -0.1) is 10.2 Å². The summed E-state index contributed by atoms with van der Waals surface area (Å²) in [6, 6.07) is 5.82. The second kappa shape index (κ2) is 8.14. The second-order valence-electron chi connectivity index (χ2n) is 8.10. The molecular weight excluding hydrogens is 400 g/mol. The topological polar surface area (TPSA) is 104 Å². The minimum atomic E-state index is -0.730. The average molecular weight is 425 g/mol. The third-order valence-electron chi connectivity index (χ3n) is 6.04. The Labute approximate surface area is 178 Å². The molecule has 8 nitrogen and oxygen atoms in total. The van der Waals surface area contributed by atoms with Crippen LogP contribution in [-0.2, 0) is 4.79 Å². The van der Waals surface area contributed by atoms with Crippen molar-refractivity contribution in [3.8, 4) is 0 Å². The van der Waals surface area contributed by atoms with Gasteiger partial charge in [0.15, 0.2) is 0 Å². The molecule has 5 rings (SSSR count). The molecule has 4 heterocycles. The molecule has 30 heavy (non-hydrogen) atoms. The average Bonchev–Trinajstić information content (AvgIpc) is 3.45. The molecule has 0 amide bonds. The van der Waals surface area contributed by atoms with Crippen LogP contribution in [0.3, 0.4) is 0 Å². The molecular formula is C21H24N6O2S. The van der Waals surface area contributed by atoms with Gasteiger partial charge in [-0.05, 0) is 43.9 Å². The smallest absolute Gasteiger partial charge is 0.308 e. The van der Waals surface area contributed by atoms with E-state index in [-0.39, 0.29) is 5.92 Å². The highest BCUT2D eigenvalue weighted by Gasteiger charge is 2.26. The van der Waals surface area contributed by atoms with E-state index in [1.807, 2.05) is 18.2 Å². The van der Waals surface area contributed by atoms with Gasteiger partial charge < -0.3 is 15.3 Å². The monoisotopic (exact) mass is 424 g/mol. The van der Waals surface area contributed by atoms with Crippen LogP contribution in [0.2, 0.25) is 0 Å². The van der Waals surface area contributed by atoms with Crippen LogP contribution in [0, 0.1) is 5.92 Å². The van der Waals surface area contributed by atoms with Crippen LogP contribution < -0.4 is 10.2 Å². The van der Waals surface area contributed by atoms with Gasteiger partial charge in [-0.1, -0.05) is 24.2 Å². The van der Waals surface area contributed by atoms with Crippen LogP contribution in [0.5, 0.6) is 0 Å². The first-order valence-corrected chi connectivity index (χ1v) is 11.3. The molecule has 1 aliphatic heterocycles. The number of aromatic nitrogens is 4. The lowest BCUT2D eigenvalue weighted by atomic mass is 9.98. The number of anilines is 3. The van der Waals surface area contributed by atoms with Crippen molar-refractivity contribution in [3.63, 3.8) is 0 Å². The van der Waals surface area contributed by atoms with Crippen LogP contribution in [0.4, 0.5) is 16.6 Å². The molecule has 156 valence electrons. The summed E-state index contributed by atoms with van der Waals surface area (Å²) in [4.78, 5) is 22.7. The van der Waals surface area contributed by atoms with Gasteiger partial charge in [0, 0.05) is 19.0 Å². The molecule has 1 saturated heterocycles. The van der Waals surface area contributed by atoms with Gasteiger partial charge >= 0.3 is 5.97 Å². The quantitative estimate of drug-likeness (QED) is 0.628. The summed E-state index contributed by atoms with van der Waals surface area (Å²) in [5, 5.41) is 23.1. The number of aliphatic carboxylic acids is 1. The Bertz CT molecular complexity index is 1060. The number of nitrogens with one attached hydrogen (secondary N) is 1. The molecule has 0 spiro atoms. The van der Waals surface area contributed by atoms with Crippen LogP contribution >= 0.6 is 11.3 Å². The number of hydrogen-bond acceptors (Lipinski definition) is 8. The SMILES string of the molecule is O=C(O)C1CCCN(c2cnc3ccc(Nc4nnc(C5CCCC5)s4)nc3c2)C1. The number of rotatable bonds is 5. The first kappa shape index (κ1) is 19.2. The van der Waals surface area contributed by atoms with E-state index in [1.54, 1.807) is 17.5 Å². The number of fused-ring (bicyclic) bond motifs is 1. The number of carboxylic acid groups (broad SMARTS) is 1. The molecule has 0 aromatic carbocycles. The molecule has 3 aromatic heterocycles. The van der Waals surface area contributed by atoms with E-state index < -0.39 is 5.97 Å². The molecule has 9 heteroatoms. The first-order chi connectivity index (χ1) is 14.7. The maximum absolute atomic E-state index is 11.4. The molecule has 2 N–H and O–H groups in total. The maximum atomic E-state index is 11.4. The fourth-order valence-electron chi connectivity index (χ4n) is 4.38. The molecule has 1 aliphatic carbocycles. The van der Waals surface area contributed by atoms with E-state index in [1.165, 1.54) is 25.7 Å². The van der Waals surface area contributed by atoms with E-state index in [9.17, 15) is 9.90 Å². The summed E-state index contributed by atoms with van der Waals surface area (Å²) in [5.41, 5.74) is 2.49. The van der Waals surface area contributed by atoms with Crippen molar-refractivity contribution < 1.29 is 9.90 Å². The fourth-order valence-corrected chi connectivity index (χ4v) is 5.30. The Kier molecular flexibility index (Phi) is 5.20. The second-order valence-corrected chi connectivity index (χ2v) is 9.11. The first-order valence-electron chi connectivity index (χ1n) is 10.5. The predicted octanol–water partition coefficient (Wildman–Crippen LogP) is 4.18. The van der Waals surface area contributed by atoms with Crippen molar-refractivity contribution in [2.75, 3.05) is 23.3 Å². The molecule has 1 atom stereocenters. The standard InChI is InChI=1S/C21H24N6O2S/c28-20(29)14-6-3-9-27(12-14)15-10-17-16(22-11-15)7-8-18(23-17)24-21-26-25-19(30-21)13-4-1-2-5-13/h7-8,10-11,13-14H,1-6,9,12H2,(H,28,29)(H,23,24,26). The van der Waals surface area contributed by atoms with E-state index in [0.717, 1.165) is 46.2 Å². The van der Waals surface area contributed by atoms with Gasteiger partial charge in [0.25, 0.3) is 0 Å². The number of carboxylic acids is 1. The minimum Gasteiger partial charge on any atom is -0.481 e. The molecule has 0 radical (unpaired) electrons. The van der Waals surface area contributed by atoms with Gasteiger partial charge in [-0.3, -0.25) is 9.78 Å². The number of nitrogens with zero attached hydrogens (tertiary/aromatic N) is 5. The Morgan fingerprint density at radius 2 is 2.00 bits per heavy atom. The van der Waals surface area contributed by atoms with Crippen LogP contribution in [0.15, 0.2) is 24.4 Å². The zero-order valence-electron chi connectivity index (χ0n) is 16.6. The van der Waals surface area contributed by atoms with Gasteiger partial charge in [0.2, 0.25) is 5.13 Å². The number of hydrogen-bond donors (Lipinski definition) is 2. The molecule has 2 aliphatic rings. The fraction of sp³-hybridized carbons (Fsp3) is 0.476. The molecule has 2 fully saturated rings. The van der Waals surface area contributed by atoms with Crippen LogP contribution in [0.1, 0.15) is 49.5 Å². The third kappa shape index (κ3) is 3.94. The van der Waals surface area contributed by atoms with Crippen molar-refractivity contribution in [3.05, 3.63) is 29.4 Å². The summed E-state index contributed by atoms with van der Waals surface area (Å²) in [6.07, 6.45) is 8.36. The predicted molar refractivity (Wildman–Crippen MR) is 117 cm³/mol. The van der Waals surface area contributed by atoms with Crippen molar-refractivity contribution in [2.24, 2.45) is 5.92 Å². The summed E-state index contributed by atoms with van der Waals surface area (Å²) in [7, 11) is 0. The molecule has 1 saturated carbocycles. The minimum absolute atomic E-state index is 0.332. The number of pyridine rings is 2. The summed E-state index contributed by atoms with van der Waals surface area (Å²) in [6.45, 7) is 1.35. The Balaban J connectivity index is 1.35. The third-order valence-corrected chi connectivity index (χ3v) is 7.04. The largest absolute Gasteiger partial charge is 0.481 e. The number of carbonyl (C=O) groups is 1. The van der Waals surface area contributed by atoms with E-state index in [2.05, 4.69) is 25.4 Å². The maximum Gasteiger partial charge on any atom is 0.308 e. The highest BCUT2D eigenvalue weighted by molar-refractivity contribution is 7.15.